The van der Waals surface area contributed by atoms with Crippen LogP contribution >= 0.6 is 11.6 Å². The summed E-state index contributed by atoms with van der Waals surface area (Å²) >= 11 is 5.65. The molecule has 1 aromatic rings. The van der Waals surface area contributed by atoms with Crippen LogP contribution in [-0.4, -0.2) is 22.4 Å². The van der Waals surface area contributed by atoms with Crippen LogP contribution in [0.2, 0.25) is 5.15 Å². The van der Waals surface area contributed by atoms with E-state index in [4.69, 9.17) is 11.6 Å². The molecule has 1 fully saturated rings. The van der Waals surface area contributed by atoms with Gasteiger partial charge < -0.3 is 5.32 Å². The third-order valence-corrected chi connectivity index (χ3v) is 3.08. The van der Waals surface area contributed by atoms with E-state index in [2.05, 4.69) is 15.3 Å². The van der Waals surface area contributed by atoms with Crippen LogP contribution in [0.4, 0.5) is 0 Å². The van der Waals surface area contributed by atoms with Crippen LogP contribution in [0.1, 0.15) is 36.2 Å². The molecule has 0 spiro atoms. The van der Waals surface area contributed by atoms with Crippen molar-refractivity contribution >= 4 is 17.5 Å². The SMILES string of the molecule is O=C(NCCC1CCC1)c1cncc(Cl)n1. The van der Waals surface area contributed by atoms with Crippen LogP contribution in [0, 0.1) is 5.92 Å². The lowest BCUT2D eigenvalue weighted by atomic mass is 9.83. The Kier molecular flexibility index (Phi) is 3.72. The van der Waals surface area contributed by atoms with Gasteiger partial charge in [-0.05, 0) is 12.3 Å². The standard InChI is InChI=1S/C11H14ClN3O/c12-10-7-13-6-9(15-10)11(16)14-5-4-8-2-1-3-8/h6-8H,1-5H2,(H,14,16). The van der Waals surface area contributed by atoms with E-state index in [0.717, 1.165) is 12.3 Å². The number of halogens is 1. The van der Waals surface area contributed by atoms with E-state index in [9.17, 15) is 4.79 Å². The smallest absolute Gasteiger partial charge is 0.271 e. The lowest BCUT2D eigenvalue weighted by Crippen LogP contribution is -2.28. The quantitative estimate of drug-likeness (QED) is 0.875. The molecule has 2 rings (SSSR count). The summed E-state index contributed by atoms with van der Waals surface area (Å²) in [4.78, 5) is 19.3. The van der Waals surface area contributed by atoms with Crippen LogP contribution in [0.25, 0.3) is 0 Å². The van der Waals surface area contributed by atoms with Crippen molar-refractivity contribution in [2.45, 2.75) is 25.7 Å². The lowest BCUT2D eigenvalue weighted by molar-refractivity contribution is 0.0943. The molecule has 0 aromatic carbocycles. The first-order valence-electron chi connectivity index (χ1n) is 5.51. The maximum atomic E-state index is 11.6. The molecule has 1 heterocycles. The third-order valence-electron chi connectivity index (χ3n) is 2.90. The maximum Gasteiger partial charge on any atom is 0.271 e. The highest BCUT2D eigenvalue weighted by molar-refractivity contribution is 6.29. The summed E-state index contributed by atoms with van der Waals surface area (Å²) in [5, 5.41) is 3.07. The summed E-state index contributed by atoms with van der Waals surface area (Å²) in [6.07, 6.45) is 7.81. The number of hydrogen-bond acceptors (Lipinski definition) is 3. The molecule has 1 aliphatic carbocycles. The summed E-state index contributed by atoms with van der Waals surface area (Å²) in [6, 6.07) is 0. The van der Waals surface area contributed by atoms with Crippen molar-refractivity contribution in [3.8, 4) is 0 Å². The van der Waals surface area contributed by atoms with E-state index in [1.807, 2.05) is 0 Å². The molecule has 1 aliphatic rings. The molecular weight excluding hydrogens is 226 g/mol. The minimum atomic E-state index is -0.200. The van der Waals surface area contributed by atoms with Crippen molar-refractivity contribution in [3.63, 3.8) is 0 Å². The van der Waals surface area contributed by atoms with Gasteiger partial charge in [-0.25, -0.2) is 4.98 Å². The van der Waals surface area contributed by atoms with Gasteiger partial charge in [-0.3, -0.25) is 9.78 Å². The second-order valence-electron chi connectivity index (χ2n) is 4.07. The predicted octanol–water partition coefficient (Wildman–Crippen LogP) is 2.05. The minimum Gasteiger partial charge on any atom is -0.351 e. The molecule has 0 aliphatic heterocycles. The van der Waals surface area contributed by atoms with Crippen molar-refractivity contribution in [1.82, 2.24) is 15.3 Å². The van der Waals surface area contributed by atoms with Crippen LogP contribution in [0.3, 0.4) is 0 Å². The van der Waals surface area contributed by atoms with E-state index < -0.39 is 0 Å². The molecule has 1 N–H and O–H groups in total. The Hall–Kier alpha value is -1.16. The average molecular weight is 240 g/mol. The number of aromatic nitrogens is 2. The largest absolute Gasteiger partial charge is 0.351 e. The zero-order chi connectivity index (χ0) is 11.4. The Morgan fingerprint density at radius 3 is 2.94 bits per heavy atom. The molecule has 4 nitrogen and oxygen atoms in total. The first kappa shape index (κ1) is 11.3. The Balaban J connectivity index is 1.78. The second-order valence-corrected chi connectivity index (χ2v) is 4.46. The minimum absolute atomic E-state index is 0.200. The summed E-state index contributed by atoms with van der Waals surface area (Å²) < 4.78 is 0. The van der Waals surface area contributed by atoms with Crippen LogP contribution in [0.5, 0.6) is 0 Å². The van der Waals surface area contributed by atoms with Gasteiger partial charge in [0.15, 0.2) is 0 Å². The van der Waals surface area contributed by atoms with Crippen LogP contribution in [-0.2, 0) is 0 Å². The summed E-state index contributed by atoms with van der Waals surface area (Å²) in [7, 11) is 0. The van der Waals surface area contributed by atoms with E-state index in [1.165, 1.54) is 31.7 Å². The Labute approximate surface area is 99.4 Å². The molecule has 0 unspecified atom stereocenters. The average Bonchev–Trinajstić information content (AvgIpc) is 2.21. The lowest BCUT2D eigenvalue weighted by Gasteiger charge is -2.25. The Bertz CT molecular complexity index is 379. The van der Waals surface area contributed by atoms with Crippen molar-refractivity contribution < 1.29 is 4.79 Å². The van der Waals surface area contributed by atoms with Crippen molar-refractivity contribution in [1.29, 1.82) is 0 Å². The van der Waals surface area contributed by atoms with E-state index in [1.54, 1.807) is 0 Å². The molecule has 1 saturated carbocycles. The molecule has 1 amide bonds. The topological polar surface area (TPSA) is 54.9 Å². The zero-order valence-electron chi connectivity index (χ0n) is 8.95. The van der Waals surface area contributed by atoms with Gasteiger partial charge in [-0.1, -0.05) is 30.9 Å². The summed E-state index contributed by atoms with van der Waals surface area (Å²) in [5.41, 5.74) is 0.279. The highest BCUT2D eigenvalue weighted by Crippen LogP contribution is 2.28. The summed E-state index contributed by atoms with van der Waals surface area (Å²) in [5.74, 6) is 0.597. The molecule has 0 saturated heterocycles. The van der Waals surface area contributed by atoms with Crippen molar-refractivity contribution in [3.05, 3.63) is 23.2 Å². The summed E-state index contributed by atoms with van der Waals surface area (Å²) in [6.45, 7) is 0.706. The van der Waals surface area contributed by atoms with Gasteiger partial charge in [-0.15, -0.1) is 0 Å². The number of carbonyl (C=O) groups excluding carboxylic acids is 1. The number of amides is 1. The number of rotatable bonds is 4. The monoisotopic (exact) mass is 239 g/mol. The van der Waals surface area contributed by atoms with Crippen LogP contribution < -0.4 is 5.32 Å². The fourth-order valence-corrected chi connectivity index (χ4v) is 1.86. The van der Waals surface area contributed by atoms with Gasteiger partial charge in [0.25, 0.3) is 5.91 Å². The first-order chi connectivity index (χ1) is 7.75. The van der Waals surface area contributed by atoms with Gasteiger partial charge in [0, 0.05) is 6.54 Å². The third kappa shape index (κ3) is 2.92. The zero-order valence-corrected chi connectivity index (χ0v) is 9.70. The molecule has 0 radical (unpaired) electrons. The molecule has 5 heteroatoms. The van der Waals surface area contributed by atoms with Crippen molar-refractivity contribution in [2.75, 3.05) is 6.54 Å². The predicted molar refractivity (Wildman–Crippen MR) is 61.3 cm³/mol. The molecule has 0 bridgehead atoms. The van der Waals surface area contributed by atoms with E-state index in [-0.39, 0.29) is 16.8 Å². The van der Waals surface area contributed by atoms with E-state index >= 15 is 0 Å². The van der Waals surface area contributed by atoms with Gasteiger partial charge in [0.1, 0.15) is 10.8 Å². The number of hydrogen-bond donors (Lipinski definition) is 1. The van der Waals surface area contributed by atoms with Crippen LogP contribution in [0.15, 0.2) is 12.4 Å². The number of nitrogens with zero attached hydrogens (tertiary/aromatic N) is 2. The Morgan fingerprint density at radius 1 is 1.50 bits per heavy atom. The van der Waals surface area contributed by atoms with Crippen molar-refractivity contribution in [2.24, 2.45) is 5.92 Å². The van der Waals surface area contributed by atoms with Gasteiger partial charge in [0.05, 0.1) is 12.4 Å². The second kappa shape index (κ2) is 5.25. The highest BCUT2D eigenvalue weighted by Gasteiger charge is 2.17. The van der Waals surface area contributed by atoms with Gasteiger partial charge in [0.2, 0.25) is 0 Å². The molecule has 86 valence electrons. The highest BCUT2D eigenvalue weighted by atomic mass is 35.5. The molecule has 16 heavy (non-hydrogen) atoms. The normalized spacial score (nSPS) is 15.6. The number of carbonyl (C=O) groups is 1. The molecular formula is C11H14ClN3O. The van der Waals surface area contributed by atoms with Gasteiger partial charge in [-0.2, -0.15) is 0 Å². The number of nitrogens with one attached hydrogen (secondary N) is 1. The molecule has 0 atom stereocenters. The fourth-order valence-electron chi connectivity index (χ4n) is 1.71. The van der Waals surface area contributed by atoms with Gasteiger partial charge >= 0.3 is 0 Å². The fraction of sp³-hybridized carbons (Fsp3) is 0.545. The first-order valence-corrected chi connectivity index (χ1v) is 5.89. The Morgan fingerprint density at radius 2 is 2.31 bits per heavy atom. The van der Waals surface area contributed by atoms with E-state index in [0.29, 0.717) is 6.54 Å². The maximum absolute atomic E-state index is 11.6. The molecule has 1 aromatic heterocycles.